The first-order chi connectivity index (χ1) is 18.3. The molecule has 0 heterocycles. The lowest BCUT2D eigenvalue weighted by Gasteiger charge is -2.14. The first-order valence-electron chi connectivity index (χ1n) is 11.9. The normalized spacial score (nSPS) is 10.5. The van der Waals surface area contributed by atoms with Gasteiger partial charge in [0.1, 0.15) is 18.1 Å². The predicted octanol–water partition coefficient (Wildman–Crippen LogP) is 5.12. The van der Waals surface area contributed by atoms with Crippen molar-refractivity contribution in [1.29, 1.82) is 5.26 Å². The maximum Gasteiger partial charge on any atom is 0.262 e. The highest BCUT2D eigenvalue weighted by Crippen LogP contribution is 2.27. The molecule has 1 N–H and O–H groups in total. The first-order valence-corrected chi connectivity index (χ1v) is 12.3. The predicted molar refractivity (Wildman–Crippen MR) is 144 cm³/mol. The minimum absolute atomic E-state index is 0.198. The summed E-state index contributed by atoms with van der Waals surface area (Å²) in [4.78, 5) is 25.8. The van der Waals surface area contributed by atoms with Crippen molar-refractivity contribution in [3.05, 3.63) is 87.4 Å². The Kier molecular flexibility index (Phi) is 10.7. The molecule has 3 aromatic rings. The summed E-state index contributed by atoms with van der Waals surface area (Å²) >= 11 is 6.14. The number of benzene rings is 3. The molecule has 0 unspecified atom stereocenters. The zero-order chi connectivity index (χ0) is 27.5. The highest BCUT2D eigenvalue weighted by atomic mass is 35.5. The number of ketones is 1. The molecule has 0 spiro atoms. The monoisotopic (exact) mass is 536 g/mol. The molecular formula is C29H29ClN2O6. The standard InChI is InChI=1S/C29H29ClN2O6/c1-19-12-21(17-31)15-22(13-19)29(34)25-16-23(30)4-7-27(25)38-18-28(33)32-26-6-5-24(14-20(26)2)37-11-10-36-9-8-35-3/h4-7,12-16H,8-11,18H2,1-3H3,(H,32,33). The number of nitrogens with zero attached hydrogens (tertiary/aromatic N) is 1. The molecule has 0 aliphatic rings. The van der Waals surface area contributed by atoms with E-state index >= 15 is 0 Å². The minimum atomic E-state index is -0.399. The summed E-state index contributed by atoms with van der Waals surface area (Å²) in [5.41, 5.74) is 3.10. The lowest BCUT2D eigenvalue weighted by Crippen LogP contribution is -2.21. The molecule has 38 heavy (non-hydrogen) atoms. The molecule has 0 radical (unpaired) electrons. The number of nitriles is 1. The molecule has 1 amide bonds. The Hall–Kier alpha value is -3.90. The van der Waals surface area contributed by atoms with Gasteiger partial charge in [-0.1, -0.05) is 11.6 Å². The topological polar surface area (TPSA) is 107 Å². The first kappa shape index (κ1) is 28.7. The number of nitrogens with one attached hydrogen (secondary N) is 1. The zero-order valence-electron chi connectivity index (χ0n) is 21.5. The van der Waals surface area contributed by atoms with Gasteiger partial charge in [0, 0.05) is 23.4 Å². The van der Waals surface area contributed by atoms with Gasteiger partial charge in [0.15, 0.2) is 12.4 Å². The summed E-state index contributed by atoms with van der Waals surface area (Å²) in [5.74, 6) is 0.109. The smallest absolute Gasteiger partial charge is 0.262 e. The highest BCUT2D eigenvalue weighted by molar-refractivity contribution is 6.31. The zero-order valence-corrected chi connectivity index (χ0v) is 22.3. The Morgan fingerprint density at radius 3 is 2.47 bits per heavy atom. The van der Waals surface area contributed by atoms with Crippen LogP contribution < -0.4 is 14.8 Å². The van der Waals surface area contributed by atoms with Gasteiger partial charge in [0.25, 0.3) is 5.91 Å². The van der Waals surface area contributed by atoms with Gasteiger partial charge in [-0.25, -0.2) is 0 Å². The van der Waals surface area contributed by atoms with Crippen LogP contribution in [-0.4, -0.2) is 51.8 Å². The number of rotatable bonds is 13. The van der Waals surface area contributed by atoms with Crippen molar-refractivity contribution in [3.8, 4) is 17.6 Å². The SMILES string of the molecule is COCCOCCOc1ccc(NC(=O)COc2ccc(Cl)cc2C(=O)c2cc(C)cc(C#N)c2)c(C)c1. The van der Waals surface area contributed by atoms with Gasteiger partial charge in [-0.2, -0.15) is 5.26 Å². The summed E-state index contributed by atoms with van der Waals surface area (Å²) in [7, 11) is 1.62. The van der Waals surface area contributed by atoms with Crippen molar-refractivity contribution in [2.45, 2.75) is 13.8 Å². The Balaban J connectivity index is 1.61. The quantitative estimate of drug-likeness (QED) is 0.239. The molecule has 3 aromatic carbocycles. The van der Waals surface area contributed by atoms with Crippen LogP contribution in [0.1, 0.15) is 32.6 Å². The van der Waals surface area contributed by atoms with E-state index in [9.17, 15) is 14.9 Å². The summed E-state index contributed by atoms with van der Waals surface area (Å²) in [6, 6.07) is 16.9. The lowest BCUT2D eigenvalue weighted by molar-refractivity contribution is -0.118. The van der Waals surface area contributed by atoms with Crippen LogP contribution in [-0.2, 0) is 14.3 Å². The van der Waals surface area contributed by atoms with E-state index in [1.807, 2.05) is 13.0 Å². The van der Waals surface area contributed by atoms with Crippen molar-refractivity contribution in [3.63, 3.8) is 0 Å². The molecule has 0 saturated heterocycles. The van der Waals surface area contributed by atoms with Crippen LogP contribution in [0.3, 0.4) is 0 Å². The summed E-state index contributed by atoms with van der Waals surface area (Å²) < 4.78 is 21.7. The largest absolute Gasteiger partial charge is 0.491 e. The number of anilines is 1. The number of carbonyl (C=O) groups is 2. The van der Waals surface area contributed by atoms with Crippen molar-refractivity contribution >= 4 is 29.0 Å². The Bertz CT molecular complexity index is 1340. The molecule has 0 aliphatic carbocycles. The Labute approximate surface area is 227 Å². The van der Waals surface area contributed by atoms with E-state index in [-0.39, 0.29) is 23.7 Å². The van der Waals surface area contributed by atoms with E-state index in [1.54, 1.807) is 50.4 Å². The average molecular weight is 537 g/mol. The number of carbonyl (C=O) groups excluding carboxylic acids is 2. The van der Waals surface area contributed by atoms with Gasteiger partial charge in [-0.05, 0) is 79.6 Å². The van der Waals surface area contributed by atoms with Gasteiger partial charge in [-0.15, -0.1) is 0 Å². The van der Waals surface area contributed by atoms with Crippen LogP contribution in [0.25, 0.3) is 0 Å². The maximum absolute atomic E-state index is 13.2. The van der Waals surface area contributed by atoms with E-state index in [0.29, 0.717) is 54.0 Å². The third-order valence-electron chi connectivity index (χ3n) is 5.41. The Morgan fingerprint density at radius 2 is 1.74 bits per heavy atom. The van der Waals surface area contributed by atoms with Crippen LogP contribution in [0, 0.1) is 25.2 Å². The van der Waals surface area contributed by atoms with Gasteiger partial charge < -0.3 is 24.3 Å². The van der Waals surface area contributed by atoms with Gasteiger partial charge in [0.2, 0.25) is 0 Å². The van der Waals surface area contributed by atoms with E-state index in [1.165, 1.54) is 12.1 Å². The molecule has 0 fully saturated rings. The maximum atomic E-state index is 13.2. The molecule has 0 saturated carbocycles. The fourth-order valence-corrected chi connectivity index (χ4v) is 3.77. The molecule has 8 nitrogen and oxygen atoms in total. The second kappa shape index (κ2) is 14.1. The summed E-state index contributed by atoms with van der Waals surface area (Å²) in [6.45, 7) is 5.20. The molecule has 9 heteroatoms. The van der Waals surface area contributed by atoms with Crippen LogP contribution in [0.2, 0.25) is 5.02 Å². The second-order valence-corrected chi connectivity index (χ2v) is 8.87. The summed E-state index contributed by atoms with van der Waals surface area (Å²) in [5, 5.41) is 12.4. The fraction of sp³-hybridized carbons (Fsp3) is 0.276. The number of aryl methyl sites for hydroxylation is 2. The van der Waals surface area contributed by atoms with Crippen molar-refractivity contribution < 1.29 is 28.5 Å². The number of hydrogen-bond donors (Lipinski definition) is 1. The number of ether oxygens (including phenoxy) is 4. The molecule has 198 valence electrons. The third kappa shape index (κ3) is 8.32. The minimum Gasteiger partial charge on any atom is -0.491 e. The van der Waals surface area contributed by atoms with E-state index in [4.69, 9.17) is 30.5 Å². The van der Waals surface area contributed by atoms with Crippen LogP contribution in [0.4, 0.5) is 5.69 Å². The van der Waals surface area contributed by atoms with Gasteiger partial charge in [0.05, 0.1) is 37.0 Å². The highest BCUT2D eigenvalue weighted by Gasteiger charge is 2.18. The molecular weight excluding hydrogens is 508 g/mol. The second-order valence-electron chi connectivity index (χ2n) is 8.44. The number of amides is 1. The van der Waals surface area contributed by atoms with E-state index < -0.39 is 5.91 Å². The van der Waals surface area contributed by atoms with Crippen molar-refractivity contribution in [2.75, 3.05) is 45.5 Å². The van der Waals surface area contributed by atoms with Crippen LogP contribution in [0.5, 0.6) is 11.5 Å². The van der Waals surface area contributed by atoms with E-state index in [2.05, 4.69) is 11.4 Å². The van der Waals surface area contributed by atoms with Gasteiger partial charge in [-0.3, -0.25) is 9.59 Å². The van der Waals surface area contributed by atoms with Crippen molar-refractivity contribution in [2.24, 2.45) is 0 Å². The molecule has 0 atom stereocenters. The van der Waals surface area contributed by atoms with Crippen LogP contribution in [0.15, 0.2) is 54.6 Å². The van der Waals surface area contributed by atoms with Crippen molar-refractivity contribution in [1.82, 2.24) is 0 Å². The third-order valence-corrected chi connectivity index (χ3v) is 5.65. The average Bonchev–Trinajstić information content (AvgIpc) is 2.90. The molecule has 0 bridgehead atoms. The number of hydrogen-bond acceptors (Lipinski definition) is 7. The van der Waals surface area contributed by atoms with E-state index in [0.717, 1.165) is 11.1 Å². The molecule has 0 aromatic heterocycles. The lowest BCUT2D eigenvalue weighted by atomic mass is 9.98. The molecule has 0 aliphatic heterocycles. The number of methoxy groups -OCH3 is 1. The fourth-order valence-electron chi connectivity index (χ4n) is 3.60. The Morgan fingerprint density at radius 1 is 0.947 bits per heavy atom. The summed E-state index contributed by atoms with van der Waals surface area (Å²) in [6.07, 6.45) is 0. The van der Waals surface area contributed by atoms with Crippen LogP contribution >= 0.6 is 11.6 Å². The number of halogens is 1. The van der Waals surface area contributed by atoms with Gasteiger partial charge >= 0.3 is 0 Å². The molecule has 3 rings (SSSR count).